The van der Waals surface area contributed by atoms with Gasteiger partial charge in [-0.3, -0.25) is 4.79 Å². The van der Waals surface area contributed by atoms with E-state index in [0.29, 0.717) is 31.0 Å². The fourth-order valence-electron chi connectivity index (χ4n) is 2.14. The molecule has 6 heteroatoms. The molecule has 0 aliphatic rings. The minimum atomic E-state index is -0.501. The fourth-order valence-corrected chi connectivity index (χ4v) is 2.26. The van der Waals surface area contributed by atoms with Crippen molar-refractivity contribution >= 4 is 23.6 Å². The van der Waals surface area contributed by atoms with Crippen LogP contribution in [0, 0.1) is 0 Å². The molecule has 0 bridgehead atoms. The number of ether oxygens (including phenoxy) is 1. The first-order valence-corrected chi connectivity index (χ1v) is 8.47. The van der Waals surface area contributed by atoms with Crippen LogP contribution in [-0.4, -0.2) is 25.1 Å². The first kappa shape index (κ1) is 18.8. The predicted molar refractivity (Wildman–Crippen MR) is 97.4 cm³/mol. The Bertz CT molecular complexity index is 675. The van der Waals surface area contributed by atoms with Crippen LogP contribution in [0.3, 0.4) is 0 Å². The highest BCUT2D eigenvalue weighted by molar-refractivity contribution is 6.30. The number of hydrogen-bond donors (Lipinski definition) is 2. The third-order valence-corrected chi connectivity index (χ3v) is 3.74. The summed E-state index contributed by atoms with van der Waals surface area (Å²) in [5.41, 5.74) is 1.98. The van der Waals surface area contributed by atoms with Crippen LogP contribution in [0.5, 0.6) is 0 Å². The Balaban J connectivity index is 1.53. The van der Waals surface area contributed by atoms with Crippen molar-refractivity contribution in [2.24, 2.45) is 0 Å². The molecule has 25 heavy (non-hydrogen) atoms. The fraction of sp³-hybridized carbons (Fsp3) is 0.263. The Labute approximate surface area is 152 Å². The molecule has 2 amide bonds. The molecule has 0 aliphatic heterocycles. The topological polar surface area (TPSA) is 67.4 Å². The molecule has 0 aromatic heterocycles. The number of amides is 2. The highest BCUT2D eigenvalue weighted by Crippen LogP contribution is 2.10. The largest absolute Gasteiger partial charge is 0.445 e. The molecule has 0 fully saturated rings. The maximum absolute atomic E-state index is 11.8. The predicted octanol–water partition coefficient (Wildman–Crippen LogP) is 3.32. The molecule has 2 N–H and O–H groups in total. The van der Waals surface area contributed by atoms with Crippen molar-refractivity contribution in [2.75, 3.05) is 13.1 Å². The molecule has 0 saturated carbocycles. The van der Waals surface area contributed by atoms with Gasteiger partial charge in [-0.1, -0.05) is 54.1 Å². The average Bonchev–Trinajstić information content (AvgIpc) is 2.64. The molecular formula is C19H21ClN2O3. The van der Waals surface area contributed by atoms with E-state index >= 15 is 0 Å². The second kappa shape index (κ2) is 10.4. The molecule has 2 rings (SSSR count). The van der Waals surface area contributed by atoms with Crippen LogP contribution in [0.4, 0.5) is 4.79 Å². The average molecular weight is 361 g/mol. The maximum atomic E-state index is 11.8. The van der Waals surface area contributed by atoms with Crippen molar-refractivity contribution in [3.05, 3.63) is 70.7 Å². The van der Waals surface area contributed by atoms with E-state index in [-0.39, 0.29) is 12.5 Å². The Kier molecular flexibility index (Phi) is 7.79. The Morgan fingerprint density at radius 3 is 2.28 bits per heavy atom. The second-order valence-corrected chi connectivity index (χ2v) is 5.90. The standard InChI is InChI=1S/C19H21ClN2O3/c20-17-9-6-15(7-10-17)8-11-18(23)21-12-13-22-19(24)25-14-16-4-2-1-3-5-16/h1-7,9-10H,8,11-14H2,(H,21,23)(H,22,24). The lowest BCUT2D eigenvalue weighted by molar-refractivity contribution is -0.121. The zero-order valence-corrected chi connectivity index (χ0v) is 14.6. The van der Waals surface area contributed by atoms with Gasteiger partial charge in [-0.25, -0.2) is 4.79 Å². The number of alkyl carbamates (subject to hydrolysis) is 1. The number of benzene rings is 2. The summed E-state index contributed by atoms with van der Waals surface area (Å²) in [5.74, 6) is -0.0607. The van der Waals surface area contributed by atoms with Crippen molar-refractivity contribution in [1.82, 2.24) is 10.6 Å². The maximum Gasteiger partial charge on any atom is 0.407 e. The van der Waals surface area contributed by atoms with E-state index in [0.717, 1.165) is 11.1 Å². The van der Waals surface area contributed by atoms with Gasteiger partial charge in [0.15, 0.2) is 0 Å². The van der Waals surface area contributed by atoms with Crippen LogP contribution in [0.2, 0.25) is 5.02 Å². The number of halogens is 1. The number of rotatable bonds is 8. The van der Waals surface area contributed by atoms with E-state index in [1.54, 1.807) is 12.1 Å². The SMILES string of the molecule is O=C(CCc1ccc(Cl)cc1)NCCNC(=O)OCc1ccccc1. The van der Waals surface area contributed by atoms with Crippen LogP contribution in [0.25, 0.3) is 0 Å². The van der Waals surface area contributed by atoms with Crippen LogP contribution < -0.4 is 10.6 Å². The van der Waals surface area contributed by atoms with Gasteiger partial charge in [0, 0.05) is 24.5 Å². The number of carbonyl (C=O) groups excluding carboxylic acids is 2. The molecule has 2 aromatic rings. The van der Waals surface area contributed by atoms with Crippen molar-refractivity contribution in [3.63, 3.8) is 0 Å². The number of carbonyl (C=O) groups is 2. The van der Waals surface area contributed by atoms with Crippen molar-refractivity contribution in [3.8, 4) is 0 Å². The minimum absolute atomic E-state index is 0.0607. The van der Waals surface area contributed by atoms with E-state index < -0.39 is 6.09 Å². The van der Waals surface area contributed by atoms with Gasteiger partial charge in [0.25, 0.3) is 0 Å². The number of aryl methyl sites for hydroxylation is 1. The summed E-state index contributed by atoms with van der Waals surface area (Å²) >= 11 is 5.82. The molecule has 2 aromatic carbocycles. The molecular weight excluding hydrogens is 340 g/mol. The molecule has 5 nitrogen and oxygen atoms in total. The van der Waals surface area contributed by atoms with Gasteiger partial charge < -0.3 is 15.4 Å². The van der Waals surface area contributed by atoms with E-state index in [1.807, 2.05) is 42.5 Å². The monoisotopic (exact) mass is 360 g/mol. The summed E-state index contributed by atoms with van der Waals surface area (Å²) in [5, 5.41) is 6.04. The zero-order valence-electron chi connectivity index (χ0n) is 13.8. The summed E-state index contributed by atoms with van der Waals surface area (Å²) in [7, 11) is 0. The summed E-state index contributed by atoms with van der Waals surface area (Å²) < 4.78 is 5.08. The Morgan fingerprint density at radius 2 is 1.56 bits per heavy atom. The number of nitrogens with one attached hydrogen (secondary N) is 2. The summed E-state index contributed by atoms with van der Waals surface area (Å²) in [6.07, 6.45) is 0.537. The van der Waals surface area contributed by atoms with Gasteiger partial charge in [0.1, 0.15) is 6.61 Å². The second-order valence-electron chi connectivity index (χ2n) is 5.46. The molecule has 0 spiro atoms. The smallest absolute Gasteiger partial charge is 0.407 e. The van der Waals surface area contributed by atoms with E-state index in [9.17, 15) is 9.59 Å². The molecule has 0 radical (unpaired) electrons. The van der Waals surface area contributed by atoms with Gasteiger partial charge in [0.05, 0.1) is 0 Å². The van der Waals surface area contributed by atoms with Gasteiger partial charge in [0.2, 0.25) is 5.91 Å². The third-order valence-electron chi connectivity index (χ3n) is 3.48. The number of hydrogen-bond acceptors (Lipinski definition) is 3. The lowest BCUT2D eigenvalue weighted by atomic mass is 10.1. The summed E-state index contributed by atoms with van der Waals surface area (Å²) in [6, 6.07) is 16.9. The molecule has 132 valence electrons. The van der Waals surface area contributed by atoms with E-state index in [4.69, 9.17) is 16.3 Å². The van der Waals surface area contributed by atoms with Crippen molar-refractivity contribution in [1.29, 1.82) is 0 Å². The highest BCUT2D eigenvalue weighted by Gasteiger charge is 2.04. The minimum Gasteiger partial charge on any atom is -0.445 e. The summed E-state index contributed by atoms with van der Waals surface area (Å²) in [4.78, 5) is 23.3. The first-order chi connectivity index (χ1) is 12.1. The summed E-state index contributed by atoms with van der Waals surface area (Å²) in [6.45, 7) is 0.903. The molecule has 0 saturated heterocycles. The van der Waals surface area contributed by atoms with Gasteiger partial charge in [-0.2, -0.15) is 0 Å². The normalized spacial score (nSPS) is 10.1. The van der Waals surface area contributed by atoms with Crippen LogP contribution >= 0.6 is 11.6 Å². The van der Waals surface area contributed by atoms with Crippen molar-refractivity contribution in [2.45, 2.75) is 19.4 Å². The van der Waals surface area contributed by atoms with Crippen LogP contribution in [0.15, 0.2) is 54.6 Å². The molecule has 0 aliphatic carbocycles. The highest BCUT2D eigenvalue weighted by atomic mass is 35.5. The first-order valence-electron chi connectivity index (χ1n) is 8.09. The van der Waals surface area contributed by atoms with Crippen molar-refractivity contribution < 1.29 is 14.3 Å². The van der Waals surface area contributed by atoms with Gasteiger partial charge in [-0.05, 0) is 29.7 Å². The van der Waals surface area contributed by atoms with Crippen LogP contribution in [0.1, 0.15) is 17.5 Å². The van der Waals surface area contributed by atoms with Gasteiger partial charge in [-0.15, -0.1) is 0 Å². The lowest BCUT2D eigenvalue weighted by Crippen LogP contribution is -2.35. The Hall–Kier alpha value is -2.53. The van der Waals surface area contributed by atoms with E-state index in [1.165, 1.54) is 0 Å². The van der Waals surface area contributed by atoms with Gasteiger partial charge >= 0.3 is 6.09 Å². The lowest BCUT2D eigenvalue weighted by Gasteiger charge is -2.08. The zero-order chi connectivity index (χ0) is 17.9. The van der Waals surface area contributed by atoms with Crippen LogP contribution in [-0.2, 0) is 22.6 Å². The van der Waals surface area contributed by atoms with E-state index in [2.05, 4.69) is 10.6 Å². The third kappa shape index (κ3) is 7.72. The molecule has 0 heterocycles. The molecule has 0 atom stereocenters. The molecule has 0 unspecified atom stereocenters. The Morgan fingerprint density at radius 1 is 0.880 bits per heavy atom. The quantitative estimate of drug-likeness (QED) is 0.710.